The summed E-state index contributed by atoms with van der Waals surface area (Å²) in [6, 6.07) is 81.0. The maximum Gasteiger partial charge on any atom is 0.179 e. The number of hydrogen-bond acceptors (Lipinski definition) is 0. The van der Waals surface area contributed by atoms with Crippen molar-refractivity contribution in [3.8, 4) is 11.4 Å². The highest BCUT2D eigenvalue weighted by molar-refractivity contribution is 7.20. The van der Waals surface area contributed by atoms with Gasteiger partial charge < -0.3 is 0 Å². The molecule has 0 aliphatic rings. The van der Waals surface area contributed by atoms with Crippen LogP contribution in [0.1, 0.15) is 0 Å². The average molecular weight is 745 g/mol. The molecule has 4 nitrogen and oxygen atoms in total. The van der Waals surface area contributed by atoms with E-state index in [1.807, 2.05) is 0 Å². The summed E-state index contributed by atoms with van der Waals surface area (Å²) in [5.74, 6) is 0. The van der Waals surface area contributed by atoms with E-state index in [-0.39, 0.29) is 0 Å². The molecule has 57 heavy (non-hydrogen) atoms. The first kappa shape index (κ1) is 32.0. The van der Waals surface area contributed by atoms with Crippen LogP contribution in [0.3, 0.4) is 0 Å². The Bertz CT molecular complexity index is 3240. The molecule has 0 saturated heterocycles. The number of aromatic nitrogens is 4. The summed E-state index contributed by atoms with van der Waals surface area (Å²) in [6.07, 6.45) is 0. The van der Waals surface area contributed by atoms with Gasteiger partial charge in [0.2, 0.25) is 0 Å². The zero-order chi connectivity index (χ0) is 37.5. The number of fused-ring (bicyclic) bond motifs is 10. The molecule has 0 unspecified atom stereocenters. The van der Waals surface area contributed by atoms with Crippen LogP contribution >= 0.6 is 0 Å². The van der Waals surface area contributed by atoms with Gasteiger partial charge in [0.25, 0.3) is 0 Å². The summed E-state index contributed by atoms with van der Waals surface area (Å²) in [4.78, 5) is 0. The van der Waals surface area contributed by atoms with E-state index < -0.39 is 8.07 Å². The number of benzene rings is 8. The molecule has 0 bridgehead atoms. The Hall–Kier alpha value is -7.34. The number of para-hydroxylation sites is 6. The van der Waals surface area contributed by atoms with Gasteiger partial charge >= 0.3 is 0 Å². The smallest absolute Gasteiger partial charge is 0.179 e. The highest BCUT2D eigenvalue weighted by atomic mass is 28.3. The molecule has 8 aromatic carbocycles. The molecule has 12 aromatic rings. The SMILES string of the molecule is c1ccc([Si](c2ccccc2)(c2cccc(-n3c4ccccc4n4c5ccccc5cc34)c2)c2cccc(-n3c4ccccc4n4c5ccccc5cc34)c2)cc1. The van der Waals surface area contributed by atoms with Crippen LogP contribution in [0.15, 0.2) is 218 Å². The van der Waals surface area contributed by atoms with Crippen LogP contribution in [0.2, 0.25) is 0 Å². The van der Waals surface area contributed by atoms with Gasteiger partial charge in [0.05, 0.1) is 33.1 Å². The Morgan fingerprint density at radius 3 is 1.05 bits per heavy atom. The molecular weight excluding hydrogens is 709 g/mol. The first-order valence-electron chi connectivity index (χ1n) is 19.6. The maximum absolute atomic E-state index is 2.96. The molecule has 0 saturated carbocycles. The minimum absolute atomic E-state index is 1.15. The first-order valence-corrected chi connectivity index (χ1v) is 21.6. The fourth-order valence-electron chi connectivity index (χ4n) is 9.72. The van der Waals surface area contributed by atoms with Gasteiger partial charge in [-0.05, 0) is 93.5 Å². The highest BCUT2D eigenvalue weighted by Gasteiger charge is 2.42. The van der Waals surface area contributed by atoms with Crippen LogP contribution in [0.4, 0.5) is 0 Å². The topological polar surface area (TPSA) is 18.7 Å². The van der Waals surface area contributed by atoms with Crippen molar-refractivity contribution in [1.82, 2.24) is 17.9 Å². The Kier molecular flexibility index (Phi) is 6.91. The summed E-state index contributed by atoms with van der Waals surface area (Å²) < 4.78 is 9.72. The summed E-state index contributed by atoms with van der Waals surface area (Å²) in [5, 5.41) is 7.82. The zero-order valence-corrected chi connectivity index (χ0v) is 32.1. The van der Waals surface area contributed by atoms with Crippen molar-refractivity contribution in [2.75, 3.05) is 0 Å². The highest BCUT2D eigenvalue weighted by Crippen LogP contribution is 2.33. The fraction of sp³-hybridized carbons (Fsp3) is 0. The van der Waals surface area contributed by atoms with Gasteiger partial charge in [-0.1, -0.05) is 146 Å². The summed E-state index contributed by atoms with van der Waals surface area (Å²) in [7, 11) is -2.96. The molecule has 0 radical (unpaired) electrons. The molecule has 0 aliphatic heterocycles. The van der Waals surface area contributed by atoms with Gasteiger partial charge in [-0.25, -0.2) is 0 Å². The second-order valence-electron chi connectivity index (χ2n) is 15.0. The Morgan fingerprint density at radius 1 is 0.263 bits per heavy atom. The third kappa shape index (κ3) is 4.55. The van der Waals surface area contributed by atoms with Crippen LogP contribution in [0.25, 0.3) is 66.5 Å². The Labute approximate surface area is 330 Å². The molecule has 0 N–H and O–H groups in total. The van der Waals surface area contributed by atoms with Crippen LogP contribution in [-0.2, 0) is 0 Å². The molecule has 0 spiro atoms. The van der Waals surface area contributed by atoms with Gasteiger partial charge in [0, 0.05) is 22.1 Å². The first-order chi connectivity index (χ1) is 28.3. The Morgan fingerprint density at radius 2 is 0.614 bits per heavy atom. The van der Waals surface area contributed by atoms with Crippen LogP contribution in [0.5, 0.6) is 0 Å². The Balaban J connectivity index is 1.16. The van der Waals surface area contributed by atoms with Crippen molar-refractivity contribution in [2.24, 2.45) is 0 Å². The van der Waals surface area contributed by atoms with Crippen molar-refractivity contribution in [3.63, 3.8) is 0 Å². The number of nitrogens with zero attached hydrogens (tertiary/aromatic N) is 4. The minimum atomic E-state index is -2.96. The quantitative estimate of drug-likeness (QED) is 0.119. The van der Waals surface area contributed by atoms with E-state index in [0.717, 1.165) is 22.7 Å². The molecule has 4 aromatic heterocycles. The van der Waals surface area contributed by atoms with E-state index in [2.05, 4.69) is 236 Å². The van der Waals surface area contributed by atoms with Gasteiger partial charge in [-0.2, -0.15) is 0 Å². The molecule has 4 heterocycles. The average Bonchev–Trinajstić information content (AvgIpc) is 4.01. The second-order valence-corrected chi connectivity index (χ2v) is 18.8. The number of rotatable bonds is 6. The second kappa shape index (κ2) is 12.3. The van der Waals surface area contributed by atoms with Crippen molar-refractivity contribution in [3.05, 3.63) is 218 Å². The van der Waals surface area contributed by atoms with Crippen LogP contribution in [-0.4, -0.2) is 26.0 Å². The predicted octanol–water partition coefficient (Wildman–Crippen LogP) is 9.76. The molecular formula is C52H36N4Si. The van der Waals surface area contributed by atoms with Crippen molar-refractivity contribution in [2.45, 2.75) is 0 Å². The number of hydrogen-bond donors (Lipinski definition) is 0. The van der Waals surface area contributed by atoms with E-state index >= 15 is 0 Å². The van der Waals surface area contributed by atoms with Crippen LogP contribution in [0, 0.1) is 0 Å². The predicted molar refractivity (Wildman–Crippen MR) is 241 cm³/mol. The largest absolute Gasteiger partial charge is 0.294 e. The van der Waals surface area contributed by atoms with Gasteiger partial charge in [-0.15, -0.1) is 0 Å². The molecule has 0 amide bonds. The van der Waals surface area contributed by atoms with Gasteiger partial charge in [-0.3, -0.25) is 17.9 Å². The van der Waals surface area contributed by atoms with E-state index in [4.69, 9.17) is 0 Å². The van der Waals surface area contributed by atoms with Crippen molar-refractivity contribution in [1.29, 1.82) is 0 Å². The lowest BCUT2D eigenvalue weighted by atomic mass is 10.2. The molecule has 5 heteroatoms. The molecule has 268 valence electrons. The maximum atomic E-state index is 2.48. The molecule has 12 rings (SSSR count). The normalized spacial score (nSPS) is 12.2. The lowest BCUT2D eigenvalue weighted by Crippen LogP contribution is -2.74. The van der Waals surface area contributed by atoms with Crippen molar-refractivity contribution >= 4 is 84.0 Å². The lowest BCUT2D eigenvalue weighted by molar-refractivity contribution is 1.15. The van der Waals surface area contributed by atoms with E-state index in [9.17, 15) is 0 Å². The van der Waals surface area contributed by atoms with Crippen LogP contribution < -0.4 is 20.7 Å². The third-order valence-corrected chi connectivity index (χ3v) is 16.8. The lowest BCUT2D eigenvalue weighted by Gasteiger charge is -2.35. The minimum Gasteiger partial charge on any atom is -0.294 e. The summed E-state index contributed by atoms with van der Waals surface area (Å²) in [5.41, 5.74) is 11.8. The number of imidazole rings is 2. The van der Waals surface area contributed by atoms with E-state index in [1.54, 1.807) is 0 Å². The molecule has 0 fully saturated rings. The third-order valence-electron chi connectivity index (χ3n) is 12.1. The van der Waals surface area contributed by atoms with E-state index in [0.29, 0.717) is 0 Å². The fourth-order valence-corrected chi connectivity index (χ4v) is 14.5. The zero-order valence-electron chi connectivity index (χ0n) is 31.1. The van der Waals surface area contributed by atoms with E-state index in [1.165, 1.54) is 64.6 Å². The molecule has 0 aliphatic carbocycles. The van der Waals surface area contributed by atoms with Crippen molar-refractivity contribution < 1.29 is 0 Å². The van der Waals surface area contributed by atoms with Gasteiger partial charge in [0.15, 0.2) is 8.07 Å². The van der Waals surface area contributed by atoms with Gasteiger partial charge in [0.1, 0.15) is 11.3 Å². The standard InChI is InChI=1S/C52H36N4Si/c1-3-21-41(22-4-1)57(42-23-5-2-6-24-42,43-25-15-19-39(35-43)53-47-29-11-13-31-49(47)55-45-27-9-7-17-37(45)33-51(53)55)44-26-16-20-40(36-44)54-48-30-12-14-32-50(48)56-46-28-10-8-18-38(46)34-52(54)56/h1-36H. The summed E-state index contributed by atoms with van der Waals surface area (Å²) >= 11 is 0. The monoisotopic (exact) mass is 744 g/mol. The molecule has 0 atom stereocenters. The summed E-state index contributed by atoms with van der Waals surface area (Å²) in [6.45, 7) is 0.